The molecule has 2 N–H and O–H groups in total. The predicted octanol–water partition coefficient (Wildman–Crippen LogP) is 3.29. The molecule has 2 aromatic carbocycles. The van der Waals surface area contributed by atoms with Gasteiger partial charge in [0, 0.05) is 24.8 Å². The lowest BCUT2D eigenvalue weighted by Crippen LogP contribution is -2.29. The Morgan fingerprint density at radius 3 is 2.54 bits per heavy atom. The molecule has 2 aromatic rings. The topological polar surface area (TPSA) is 61.4 Å². The Labute approximate surface area is 155 Å². The zero-order chi connectivity index (χ0) is 18.8. The van der Waals surface area contributed by atoms with Gasteiger partial charge in [0.25, 0.3) is 5.91 Å². The zero-order valence-electron chi connectivity index (χ0n) is 15.5. The lowest BCUT2D eigenvalue weighted by molar-refractivity contribution is -0.115. The molecule has 138 valence electrons. The first-order valence-corrected chi connectivity index (χ1v) is 9.00. The van der Waals surface area contributed by atoms with Crippen LogP contribution in [0.3, 0.4) is 0 Å². The van der Waals surface area contributed by atoms with E-state index < -0.39 is 0 Å². The predicted molar refractivity (Wildman–Crippen MR) is 105 cm³/mol. The molecule has 2 rings (SSSR count). The third kappa shape index (κ3) is 6.33. The van der Waals surface area contributed by atoms with Gasteiger partial charge in [0.1, 0.15) is 0 Å². The van der Waals surface area contributed by atoms with E-state index in [9.17, 15) is 9.59 Å². The van der Waals surface area contributed by atoms with Crippen LogP contribution >= 0.6 is 0 Å². The highest BCUT2D eigenvalue weighted by Gasteiger charge is 2.13. The van der Waals surface area contributed by atoms with Crippen LogP contribution in [0, 0.1) is 0 Å². The standard InChI is InChI=1S/C21H27N3O2/c1-3-4-13-22-15-20(25)23-19-12-8-11-18(14-19)21(26)24(2)16-17-9-6-5-7-10-17/h5-12,14,22H,3-4,13,15-16H2,1-2H3,(H,23,25). The van der Waals surface area contributed by atoms with Crippen molar-refractivity contribution in [1.82, 2.24) is 10.2 Å². The summed E-state index contributed by atoms with van der Waals surface area (Å²) in [6.45, 7) is 3.75. The minimum Gasteiger partial charge on any atom is -0.337 e. The molecular formula is C21H27N3O2. The van der Waals surface area contributed by atoms with Crippen LogP contribution in [0.4, 0.5) is 5.69 Å². The number of amides is 2. The second-order valence-electron chi connectivity index (χ2n) is 6.31. The van der Waals surface area contributed by atoms with Crippen LogP contribution in [0.25, 0.3) is 0 Å². The normalized spacial score (nSPS) is 10.4. The van der Waals surface area contributed by atoms with Gasteiger partial charge in [-0.1, -0.05) is 49.7 Å². The second-order valence-corrected chi connectivity index (χ2v) is 6.31. The highest BCUT2D eigenvalue weighted by atomic mass is 16.2. The van der Waals surface area contributed by atoms with Crippen LogP contribution in [-0.2, 0) is 11.3 Å². The van der Waals surface area contributed by atoms with E-state index in [0.717, 1.165) is 24.9 Å². The van der Waals surface area contributed by atoms with E-state index in [-0.39, 0.29) is 18.4 Å². The average molecular weight is 353 g/mol. The van der Waals surface area contributed by atoms with Crippen molar-refractivity contribution in [3.8, 4) is 0 Å². The van der Waals surface area contributed by atoms with E-state index in [1.807, 2.05) is 30.3 Å². The number of nitrogens with zero attached hydrogens (tertiary/aromatic N) is 1. The molecule has 5 heteroatoms. The third-order valence-corrected chi connectivity index (χ3v) is 4.00. The Morgan fingerprint density at radius 2 is 1.81 bits per heavy atom. The van der Waals surface area contributed by atoms with Gasteiger partial charge in [-0.2, -0.15) is 0 Å². The average Bonchev–Trinajstić information content (AvgIpc) is 2.65. The van der Waals surface area contributed by atoms with Gasteiger partial charge < -0.3 is 15.5 Å². The number of anilines is 1. The summed E-state index contributed by atoms with van der Waals surface area (Å²) in [5.74, 6) is -0.186. The molecule has 5 nitrogen and oxygen atoms in total. The summed E-state index contributed by atoms with van der Waals surface area (Å²) in [5.41, 5.74) is 2.26. The van der Waals surface area contributed by atoms with Crippen LogP contribution in [0.15, 0.2) is 54.6 Å². The van der Waals surface area contributed by atoms with E-state index in [1.165, 1.54) is 0 Å². The first-order valence-electron chi connectivity index (χ1n) is 9.00. The minimum absolute atomic E-state index is 0.0778. The molecule has 0 aliphatic rings. The number of unbranched alkanes of at least 4 members (excludes halogenated alkanes) is 1. The van der Waals surface area contributed by atoms with Crippen molar-refractivity contribution in [2.24, 2.45) is 0 Å². The Morgan fingerprint density at radius 1 is 1.04 bits per heavy atom. The Hall–Kier alpha value is -2.66. The monoisotopic (exact) mass is 353 g/mol. The summed E-state index contributed by atoms with van der Waals surface area (Å²) < 4.78 is 0. The van der Waals surface area contributed by atoms with Crippen molar-refractivity contribution in [1.29, 1.82) is 0 Å². The summed E-state index contributed by atoms with van der Waals surface area (Å²) in [4.78, 5) is 26.3. The van der Waals surface area contributed by atoms with Gasteiger partial charge in [-0.25, -0.2) is 0 Å². The maximum atomic E-state index is 12.6. The first kappa shape index (κ1) is 19.7. The van der Waals surface area contributed by atoms with E-state index in [1.54, 1.807) is 36.2 Å². The Bertz CT molecular complexity index is 716. The Kier molecular flexibility index (Phi) is 7.83. The first-order chi connectivity index (χ1) is 12.6. The molecule has 0 saturated carbocycles. The summed E-state index contributed by atoms with van der Waals surface area (Å²) in [6, 6.07) is 16.9. The van der Waals surface area contributed by atoms with Gasteiger partial charge in [-0.05, 0) is 36.7 Å². The molecule has 0 heterocycles. The van der Waals surface area contributed by atoms with E-state index in [2.05, 4.69) is 17.6 Å². The molecule has 26 heavy (non-hydrogen) atoms. The van der Waals surface area contributed by atoms with Gasteiger partial charge in [-0.15, -0.1) is 0 Å². The molecule has 0 aliphatic heterocycles. The fourth-order valence-electron chi connectivity index (χ4n) is 2.59. The van der Waals surface area contributed by atoms with Crippen molar-refractivity contribution in [3.63, 3.8) is 0 Å². The van der Waals surface area contributed by atoms with Crippen molar-refractivity contribution >= 4 is 17.5 Å². The minimum atomic E-state index is -0.108. The molecule has 0 radical (unpaired) electrons. The lowest BCUT2D eigenvalue weighted by Gasteiger charge is -2.18. The molecule has 0 aromatic heterocycles. The van der Waals surface area contributed by atoms with Crippen LogP contribution in [0.2, 0.25) is 0 Å². The molecule has 0 unspecified atom stereocenters. The molecule has 0 bridgehead atoms. The van der Waals surface area contributed by atoms with E-state index >= 15 is 0 Å². The van der Waals surface area contributed by atoms with Gasteiger partial charge in [0.05, 0.1) is 6.54 Å². The molecule has 2 amide bonds. The van der Waals surface area contributed by atoms with Gasteiger partial charge >= 0.3 is 0 Å². The number of hydrogen-bond donors (Lipinski definition) is 2. The van der Waals surface area contributed by atoms with Gasteiger partial charge in [-0.3, -0.25) is 9.59 Å². The summed E-state index contributed by atoms with van der Waals surface area (Å²) in [6.07, 6.45) is 2.14. The van der Waals surface area contributed by atoms with Gasteiger partial charge in [0.15, 0.2) is 0 Å². The van der Waals surface area contributed by atoms with Crippen molar-refractivity contribution in [2.45, 2.75) is 26.3 Å². The van der Waals surface area contributed by atoms with Crippen LogP contribution in [0.5, 0.6) is 0 Å². The smallest absolute Gasteiger partial charge is 0.253 e. The molecule has 0 spiro atoms. The molecule has 0 fully saturated rings. The maximum absolute atomic E-state index is 12.6. The SMILES string of the molecule is CCCCNCC(=O)Nc1cccc(C(=O)N(C)Cc2ccccc2)c1. The second kappa shape index (κ2) is 10.4. The maximum Gasteiger partial charge on any atom is 0.253 e. The van der Waals surface area contributed by atoms with Crippen LogP contribution in [-0.4, -0.2) is 36.9 Å². The summed E-state index contributed by atoms with van der Waals surface area (Å²) in [7, 11) is 1.78. The summed E-state index contributed by atoms with van der Waals surface area (Å²) >= 11 is 0. The third-order valence-electron chi connectivity index (χ3n) is 4.00. The lowest BCUT2D eigenvalue weighted by atomic mass is 10.1. The molecule has 0 saturated heterocycles. The van der Waals surface area contributed by atoms with E-state index in [0.29, 0.717) is 17.8 Å². The zero-order valence-corrected chi connectivity index (χ0v) is 15.5. The number of carbonyl (C=O) groups excluding carboxylic acids is 2. The number of nitrogens with one attached hydrogen (secondary N) is 2. The highest BCUT2D eigenvalue weighted by molar-refractivity contribution is 5.97. The molecule has 0 atom stereocenters. The summed E-state index contributed by atoms with van der Waals surface area (Å²) in [5, 5.41) is 5.93. The molecule has 0 aliphatic carbocycles. The molecular weight excluding hydrogens is 326 g/mol. The Balaban J connectivity index is 1.92. The van der Waals surface area contributed by atoms with Crippen LogP contribution in [0.1, 0.15) is 35.7 Å². The largest absolute Gasteiger partial charge is 0.337 e. The number of hydrogen-bond acceptors (Lipinski definition) is 3. The highest BCUT2D eigenvalue weighted by Crippen LogP contribution is 2.14. The quantitative estimate of drug-likeness (QED) is 0.680. The van der Waals surface area contributed by atoms with Crippen molar-refractivity contribution in [2.75, 3.05) is 25.5 Å². The van der Waals surface area contributed by atoms with Gasteiger partial charge in [0.2, 0.25) is 5.91 Å². The van der Waals surface area contributed by atoms with Crippen molar-refractivity contribution < 1.29 is 9.59 Å². The van der Waals surface area contributed by atoms with E-state index in [4.69, 9.17) is 0 Å². The number of benzene rings is 2. The fourth-order valence-corrected chi connectivity index (χ4v) is 2.59. The number of carbonyl (C=O) groups is 2. The van der Waals surface area contributed by atoms with Crippen LogP contribution < -0.4 is 10.6 Å². The fraction of sp³-hybridized carbons (Fsp3) is 0.333. The number of rotatable bonds is 9. The van der Waals surface area contributed by atoms with Crippen molar-refractivity contribution in [3.05, 3.63) is 65.7 Å².